The van der Waals surface area contributed by atoms with Crippen molar-refractivity contribution in [3.63, 3.8) is 0 Å². The third kappa shape index (κ3) is 5.51. The third-order valence-corrected chi connectivity index (χ3v) is 6.16. The summed E-state index contributed by atoms with van der Waals surface area (Å²) in [5, 5.41) is 14.5. The molecule has 0 bridgehead atoms. The molecule has 3 N–H and O–H groups in total. The molecule has 0 spiro atoms. The minimum Gasteiger partial charge on any atom is -0.478 e. The van der Waals surface area contributed by atoms with E-state index in [1.54, 1.807) is 0 Å². The van der Waals surface area contributed by atoms with Gasteiger partial charge in [0.05, 0.1) is 17.4 Å². The molecule has 1 saturated heterocycles. The van der Waals surface area contributed by atoms with Crippen LogP contribution in [0.4, 0.5) is 20.6 Å². The van der Waals surface area contributed by atoms with E-state index in [9.17, 15) is 18.8 Å². The Labute approximate surface area is 208 Å². The van der Waals surface area contributed by atoms with Crippen LogP contribution in [0.3, 0.4) is 0 Å². The van der Waals surface area contributed by atoms with E-state index in [4.69, 9.17) is 5.11 Å². The molecule has 2 aromatic carbocycles. The zero-order valence-corrected chi connectivity index (χ0v) is 20.0. The topological polar surface area (TPSA) is 112 Å². The van der Waals surface area contributed by atoms with E-state index in [1.807, 2.05) is 24.3 Å². The highest BCUT2D eigenvalue weighted by Crippen LogP contribution is 2.25. The van der Waals surface area contributed by atoms with Crippen molar-refractivity contribution in [2.75, 3.05) is 17.2 Å². The first-order valence-electron chi connectivity index (χ1n) is 11.7. The largest absolute Gasteiger partial charge is 0.478 e. The van der Waals surface area contributed by atoms with Crippen LogP contribution in [-0.2, 0) is 4.79 Å². The zero-order valence-electron chi connectivity index (χ0n) is 20.0. The maximum atomic E-state index is 14.7. The van der Waals surface area contributed by atoms with Crippen molar-refractivity contribution >= 4 is 29.3 Å². The van der Waals surface area contributed by atoms with E-state index < -0.39 is 23.7 Å². The highest BCUT2D eigenvalue weighted by Gasteiger charge is 2.34. The summed E-state index contributed by atoms with van der Waals surface area (Å²) in [5.74, 6) is -1.78. The van der Waals surface area contributed by atoms with Crippen molar-refractivity contribution < 1.29 is 23.9 Å². The number of urea groups is 1. The van der Waals surface area contributed by atoms with Crippen LogP contribution in [0.1, 0.15) is 48.5 Å². The maximum absolute atomic E-state index is 14.7. The highest BCUT2D eigenvalue weighted by molar-refractivity contribution is 5.99. The van der Waals surface area contributed by atoms with Gasteiger partial charge in [0.1, 0.15) is 11.7 Å². The van der Waals surface area contributed by atoms with Crippen molar-refractivity contribution in [3.05, 3.63) is 77.7 Å². The number of carbonyl (C=O) groups is 3. The predicted octanol–water partition coefficient (Wildman–Crippen LogP) is 5.34. The number of rotatable bonds is 6. The first-order valence-corrected chi connectivity index (χ1v) is 11.7. The fourth-order valence-corrected chi connectivity index (χ4v) is 4.14. The van der Waals surface area contributed by atoms with Crippen LogP contribution >= 0.6 is 0 Å². The van der Waals surface area contributed by atoms with Crippen LogP contribution < -0.4 is 10.6 Å². The van der Waals surface area contributed by atoms with E-state index in [2.05, 4.69) is 29.5 Å². The Hall–Kier alpha value is -4.27. The number of aromatic carboxylic acids is 1. The van der Waals surface area contributed by atoms with Crippen LogP contribution in [0.5, 0.6) is 0 Å². The molecule has 1 atom stereocenters. The summed E-state index contributed by atoms with van der Waals surface area (Å²) >= 11 is 0. The summed E-state index contributed by atoms with van der Waals surface area (Å²) in [6, 6.07) is 13.4. The van der Waals surface area contributed by atoms with Gasteiger partial charge in [-0.15, -0.1) is 0 Å². The number of benzene rings is 2. The van der Waals surface area contributed by atoms with Crippen LogP contribution in [0.2, 0.25) is 0 Å². The second-order valence-electron chi connectivity index (χ2n) is 8.98. The summed E-state index contributed by atoms with van der Waals surface area (Å²) in [7, 11) is 0. The molecule has 0 aliphatic carbocycles. The zero-order chi connectivity index (χ0) is 25.8. The molecule has 3 aromatic rings. The number of aromatic nitrogens is 1. The lowest BCUT2D eigenvalue weighted by atomic mass is 10.0. The van der Waals surface area contributed by atoms with Gasteiger partial charge in [-0.2, -0.15) is 0 Å². The number of carbonyl (C=O) groups excluding carboxylic acids is 2. The molecule has 1 aliphatic heterocycles. The molecule has 1 aromatic heterocycles. The SMILES string of the molecule is CC(C)c1ccc(NC(=O)N2CCC[C@@H]2C(=O)Nc2cnc(-c3ccc(C(=O)O)cc3)c(F)c2)cc1. The highest BCUT2D eigenvalue weighted by atomic mass is 19.1. The Kier molecular flexibility index (Phi) is 7.28. The second kappa shape index (κ2) is 10.6. The van der Waals surface area contributed by atoms with Gasteiger partial charge in [0, 0.05) is 23.9 Å². The number of halogens is 1. The standard InChI is InChI=1S/C27H27FN4O4/c1-16(2)17-9-11-20(12-10-17)31-27(36)32-13-3-4-23(32)25(33)30-21-14-22(28)24(29-15-21)18-5-7-19(8-6-18)26(34)35/h5-12,14-16,23H,3-4,13H2,1-2H3,(H,30,33)(H,31,36)(H,34,35)/t23-/m1/s1. The van der Waals surface area contributed by atoms with Crippen LogP contribution in [0, 0.1) is 5.82 Å². The smallest absolute Gasteiger partial charge is 0.335 e. The minimum atomic E-state index is -1.08. The second-order valence-corrected chi connectivity index (χ2v) is 8.98. The Bertz CT molecular complexity index is 1280. The van der Waals surface area contributed by atoms with Crippen LogP contribution in [0.15, 0.2) is 60.8 Å². The fraction of sp³-hybridized carbons (Fsp3) is 0.259. The molecular weight excluding hydrogens is 463 g/mol. The molecule has 8 nitrogen and oxygen atoms in total. The van der Waals surface area contributed by atoms with E-state index in [0.29, 0.717) is 36.6 Å². The Morgan fingerprint density at radius 2 is 1.72 bits per heavy atom. The van der Waals surface area contributed by atoms with Crippen molar-refractivity contribution in [1.82, 2.24) is 9.88 Å². The average molecular weight is 491 g/mol. The van der Waals surface area contributed by atoms with Crippen LogP contribution in [-0.4, -0.2) is 45.5 Å². The number of nitrogens with one attached hydrogen (secondary N) is 2. The van der Waals surface area contributed by atoms with Gasteiger partial charge >= 0.3 is 12.0 Å². The van der Waals surface area contributed by atoms with Gasteiger partial charge in [-0.25, -0.2) is 14.0 Å². The first-order chi connectivity index (χ1) is 17.2. The van der Waals surface area contributed by atoms with Crippen molar-refractivity contribution in [2.24, 2.45) is 0 Å². The van der Waals surface area contributed by atoms with Crippen molar-refractivity contribution in [3.8, 4) is 11.3 Å². The van der Waals surface area contributed by atoms with E-state index in [1.165, 1.54) is 35.4 Å². The van der Waals surface area contributed by atoms with Gasteiger partial charge in [0.25, 0.3) is 0 Å². The molecule has 36 heavy (non-hydrogen) atoms. The number of carboxylic acid groups (broad SMARTS) is 1. The summed E-state index contributed by atoms with van der Waals surface area (Å²) < 4.78 is 14.7. The summed E-state index contributed by atoms with van der Waals surface area (Å²) in [4.78, 5) is 42.4. The summed E-state index contributed by atoms with van der Waals surface area (Å²) in [6.07, 6.45) is 2.50. The van der Waals surface area contributed by atoms with Gasteiger partial charge in [-0.05, 0) is 48.6 Å². The monoisotopic (exact) mass is 490 g/mol. The summed E-state index contributed by atoms with van der Waals surface area (Å²) in [6.45, 7) is 4.62. The Morgan fingerprint density at radius 3 is 2.33 bits per heavy atom. The number of amides is 3. The average Bonchev–Trinajstić information content (AvgIpc) is 3.35. The minimum absolute atomic E-state index is 0.0373. The molecule has 0 radical (unpaired) electrons. The number of nitrogens with zero attached hydrogens (tertiary/aromatic N) is 2. The number of anilines is 2. The van der Waals surface area contributed by atoms with E-state index in [0.717, 1.165) is 11.6 Å². The fourth-order valence-electron chi connectivity index (χ4n) is 4.14. The van der Waals surface area contributed by atoms with Crippen molar-refractivity contribution in [1.29, 1.82) is 0 Å². The lowest BCUT2D eigenvalue weighted by Gasteiger charge is -2.24. The van der Waals surface area contributed by atoms with E-state index >= 15 is 0 Å². The van der Waals surface area contributed by atoms with Gasteiger partial charge in [-0.3, -0.25) is 9.78 Å². The lowest BCUT2D eigenvalue weighted by molar-refractivity contribution is -0.119. The lowest BCUT2D eigenvalue weighted by Crippen LogP contribution is -2.45. The number of likely N-dealkylation sites (tertiary alicyclic amines) is 1. The Balaban J connectivity index is 1.41. The third-order valence-electron chi connectivity index (χ3n) is 6.16. The van der Waals surface area contributed by atoms with E-state index in [-0.39, 0.29) is 23.0 Å². The van der Waals surface area contributed by atoms with Crippen molar-refractivity contribution in [2.45, 2.75) is 38.6 Å². The van der Waals surface area contributed by atoms with Crippen LogP contribution in [0.25, 0.3) is 11.3 Å². The molecule has 2 heterocycles. The number of hydrogen-bond acceptors (Lipinski definition) is 4. The normalized spacial score (nSPS) is 15.1. The Morgan fingerprint density at radius 1 is 1.03 bits per heavy atom. The number of carboxylic acids is 1. The molecule has 1 aliphatic rings. The predicted molar refractivity (Wildman–Crippen MR) is 134 cm³/mol. The molecule has 0 unspecified atom stereocenters. The molecule has 1 fully saturated rings. The quantitative estimate of drug-likeness (QED) is 0.432. The first kappa shape index (κ1) is 24.8. The molecule has 0 saturated carbocycles. The van der Waals surface area contributed by atoms with Gasteiger partial charge in [0.15, 0.2) is 5.82 Å². The van der Waals surface area contributed by atoms with Gasteiger partial charge < -0.3 is 20.6 Å². The molecule has 3 amide bonds. The number of pyridine rings is 1. The molecule has 9 heteroatoms. The van der Waals surface area contributed by atoms with Gasteiger partial charge in [-0.1, -0.05) is 38.1 Å². The number of hydrogen-bond donors (Lipinski definition) is 3. The molecule has 4 rings (SSSR count). The molecule has 186 valence electrons. The van der Waals surface area contributed by atoms with Gasteiger partial charge in [0.2, 0.25) is 5.91 Å². The maximum Gasteiger partial charge on any atom is 0.335 e. The molecular formula is C27H27FN4O4. The summed E-state index contributed by atoms with van der Waals surface area (Å²) in [5.41, 5.74) is 2.51.